The molecule has 1 aromatic rings. The first kappa shape index (κ1) is 12.2. The molecule has 0 bridgehead atoms. The van der Waals surface area contributed by atoms with E-state index in [0.29, 0.717) is 5.92 Å². The lowest BCUT2D eigenvalue weighted by Gasteiger charge is -2.07. The molecular formula is C11H22N2. The summed E-state index contributed by atoms with van der Waals surface area (Å²) in [6.45, 7) is 10.6. The number of hydrogen-bond acceptors (Lipinski definition) is 1. The lowest BCUT2D eigenvalue weighted by Crippen LogP contribution is -2.01. The lowest BCUT2D eigenvalue weighted by atomic mass is 10.0. The molecule has 0 N–H and O–H groups in total. The minimum absolute atomic E-state index is 0.581. The molecule has 0 radical (unpaired) electrons. The van der Waals surface area contributed by atoms with Gasteiger partial charge in [0.1, 0.15) is 0 Å². The Labute approximate surface area is 82.0 Å². The van der Waals surface area contributed by atoms with Crippen LogP contribution in [0.25, 0.3) is 0 Å². The molecule has 1 aromatic heterocycles. The summed E-state index contributed by atoms with van der Waals surface area (Å²) < 4.78 is 1.98. The van der Waals surface area contributed by atoms with Crippen LogP contribution < -0.4 is 0 Å². The molecule has 0 saturated carbocycles. The number of aromatic nitrogens is 2. The number of nitrogens with zero attached hydrogens (tertiary/aromatic N) is 2. The van der Waals surface area contributed by atoms with E-state index in [9.17, 15) is 0 Å². The Morgan fingerprint density at radius 1 is 1.38 bits per heavy atom. The van der Waals surface area contributed by atoms with E-state index in [4.69, 9.17) is 0 Å². The van der Waals surface area contributed by atoms with Gasteiger partial charge in [0.05, 0.1) is 6.20 Å². The first-order valence-corrected chi connectivity index (χ1v) is 5.17. The van der Waals surface area contributed by atoms with Crippen molar-refractivity contribution in [2.45, 2.75) is 47.0 Å². The van der Waals surface area contributed by atoms with Crippen LogP contribution in [-0.4, -0.2) is 9.78 Å². The van der Waals surface area contributed by atoms with Crippen molar-refractivity contribution >= 4 is 0 Å². The van der Waals surface area contributed by atoms with Crippen LogP contribution >= 0.6 is 0 Å². The van der Waals surface area contributed by atoms with Gasteiger partial charge >= 0.3 is 0 Å². The van der Waals surface area contributed by atoms with Crippen molar-refractivity contribution in [3.63, 3.8) is 0 Å². The topological polar surface area (TPSA) is 17.8 Å². The van der Waals surface area contributed by atoms with E-state index in [-0.39, 0.29) is 0 Å². The summed E-state index contributed by atoms with van der Waals surface area (Å²) in [6.07, 6.45) is 3.05. The Kier molecular flexibility index (Phi) is 5.44. The second-order valence-electron chi connectivity index (χ2n) is 3.19. The first-order valence-electron chi connectivity index (χ1n) is 5.17. The molecule has 0 amide bonds. The molecule has 1 heterocycles. The van der Waals surface area contributed by atoms with Crippen LogP contribution in [0.1, 0.15) is 51.8 Å². The van der Waals surface area contributed by atoms with Crippen molar-refractivity contribution in [3.05, 3.63) is 17.5 Å². The van der Waals surface area contributed by atoms with E-state index >= 15 is 0 Å². The van der Waals surface area contributed by atoms with Gasteiger partial charge in [-0.2, -0.15) is 5.10 Å². The maximum atomic E-state index is 4.23. The quantitative estimate of drug-likeness (QED) is 0.687. The van der Waals surface area contributed by atoms with Gasteiger partial charge in [-0.25, -0.2) is 0 Å². The van der Waals surface area contributed by atoms with Gasteiger partial charge in [0.25, 0.3) is 0 Å². The number of hydrogen-bond donors (Lipinski definition) is 0. The van der Waals surface area contributed by atoms with E-state index < -0.39 is 0 Å². The molecule has 0 fully saturated rings. The highest BCUT2D eigenvalue weighted by Gasteiger charge is 2.09. The largest absolute Gasteiger partial charge is 0.272 e. The minimum Gasteiger partial charge on any atom is -0.272 e. The van der Waals surface area contributed by atoms with E-state index in [2.05, 4.69) is 25.9 Å². The SMILES string of the molecule is CC.CCc1cnn(C)c1C(C)C. The fraction of sp³-hybridized carbons (Fsp3) is 0.727. The maximum Gasteiger partial charge on any atom is 0.0524 e. The van der Waals surface area contributed by atoms with Gasteiger partial charge in [0.15, 0.2) is 0 Å². The molecule has 0 aliphatic rings. The predicted molar refractivity (Wildman–Crippen MR) is 58.0 cm³/mol. The van der Waals surface area contributed by atoms with Crippen molar-refractivity contribution < 1.29 is 0 Å². The minimum atomic E-state index is 0.581. The fourth-order valence-electron chi connectivity index (χ4n) is 1.51. The highest BCUT2D eigenvalue weighted by Crippen LogP contribution is 2.18. The molecule has 0 atom stereocenters. The molecule has 76 valence electrons. The average molecular weight is 182 g/mol. The summed E-state index contributed by atoms with van der Waals surface area (Å²) in [4.78, 5) is 0. The number of aryl methyl sites for hydroxylation is 2. The smallest absolute Gasteiger partial charge is 0.0524 e. The van der Waals surface area contributed by atoms with E-state index in [1.54, 1.807) is 0 Å². The van der Waals surface area contributed by atoms with Gasteiger partial charge in [0.2, 0.25) is 0 Å². The third kappa shape index (κ3) is 2.87. The van der Waals surface area contributed by atoms with Crippen molar-refractivity contribution in [3.8, 4) is 0 Å². The summed E-state index contributed by atoms with van der Waals surface area (Å²) in [5.74, 6) is 0.581. The molecule has 0 spiro atoms. The highest BCUT2D eigenvalue weighted by molar-refractivity contribution is 5.20. The van der Waals surface area contributed by atoms with Gasteiger partial charge in [0, 0.05) is 12.7 Å². The van der Waals surface area contributed by atoms with Crippen LogP contribution in [0.3, 0.4) is 0 Å². The van der Waals surface area contributed by atoms with Gasteiger partial charge < -0.3 is 0 Å². The van der Waals surface area contributed by atoms with Gasteiger partial charge in [-0.15, -0.1) is 0 Å². The molecule has 0 aliphatic carbocycles. The monoisotopic (exact) mass is 182 g/mol. The Morgan fingerprint density at radius 3 is 2.23 bits per heavy atom. The second kappa shape index (κ2) is 5.79. The molecule has 0 unspecified atom stereocenters. The predicted octanol–water partition coefficient (Wildman–Crippen LogP) is 3.13. The molecule has 1 rings (SSSR count). The van der Waals surface area contributed by atoms with E-state index in [1.165, 1.54) is 11.3 Å². The Morgan fingerprint density at radius 2 is 1.92 bits per heavy atom. The maximum absolute atomic E-state index is 4.23. The van der Waals surface area contributed by atoms with Gasteiger partial charge in [-0.05, 0) is 17.9 Å². The Balaban J connectivity index is 0.000000671. The van der Waals surface area contributed by atoms with Crippen molar-refractivity contribution in [1.82, 2.24) is 9.78 Å². The Bertz CT molecular complexity index is 236. The van der Waals surface area contributed by atoms with E-state index in [1.807, 2.05) is 31.8 Å². The van der Waals surface area contributed by atoms with Gasteiger partial charge in [-0.3, -0.25) is 4.68 Å². The Hall–Kier alpha value is -0.790. The van der Waals surface area contributed by atoms with Crippen molar-refractivity contribution in [2.75, 3.05) is 0 Å². The highest BCUT2D eigenvalue weighted by atomic mass is 15.3. The van der Waals surface area contributed by atoms with Crippen LogP contribution in [0, 0.1) is 0 Å². The fourth-order valence-corrected chi connectivity index (χ4v) is 1.51. The van der Waals surface area contributed by atoms with Crippen molar-refractivity contribution in [1.29, 1.82) is 0 Å². The molecule has 0 aliphatic heterocycles. The molecule has 0 saturated heterocycles. The first-order chi connectivity index (χ1) is 6.16. The zero-order valence-corrected chi connectivity index (χ0v) is 9.76. The third-order valence-electron chi connectivity index (χ3n) is 1.99. The average Bonchev–Trinajstić information content (AvgIpc) is 2.50. The van der Waals surface area contributed by atoms with Crippen molar-refractivity contribution in [2.24, 2.45) is 7.05 Å². The summed E-state index contributed by atoms with van der Waals surface area (Å²) in [5, 5.41) is 4.23. The molecule has 2 heteroatoms. The standard InChI is InChI=1S/C9H16N2.C2H6/c1-5-8-6-10-11(4)9(8)7(2)3;1-2/h6-7H,5H2,1-4H3;1-2H3. The van der Waals surface area contributed by atoms with Crippen LogP contribution in [0.4, 0.5) is 0 Å². The zero-order valence-electron chi connectivity index (χ0n) is 9.76. The second-order valence-corrected chi connectivity index (χ2v) is 3.19. The van der Waals surface area contributed by atoms with Gasteiger partial charge in [-0.1, -0.05) is 34.6 Å². The molecule has 13 heavy (non-hydrogen) atoms. The van der Waals surface area contributed by atoms with E-state index in [0.717, 1.165) is 6.42 Å². The van der Waals surface area contributed by atoms with Crippen LogP contribution in [0.15, 0.2) is 6.20 Å². The molecule has 2 nitrogen and oxygen atoms in total. The van der Waals surface area contributed by atoms with Crippen LogP contribution in [0.2, 0.25) is 0 Å². The summed E-state index contributed by atoms with van der Waals surface area (Å²) in [6, 6.07) is 0. The summed E-state index contributed by atoms with van der Waals surface area (Å²) in [7, 11) is 2.01. The lowest BCUT2D eigenvalue weighted by molar-refractivity contribution is 0.664. The number of rotatable bonds is 2. The zero-order chi connectivity index (χ0) is 10.4. The summed E-state index contributed by atoms with van der Waals surface area (Å²) in [5.41, 5.74) is 2.75. The third-order valence-corrected chi connectivity index (χ3v) is 1.99. The molecule has 0 aromatic carbocycles. The normalized spacial score (nSPS) is 9.77. The molecular weight excluding hydrogens is 160 g/mol. The van der Waals surface area contributed by atoms with Crippen LogP contribution in [0.5, 0.6) is 0 Å². The van der Waals surface area contributed by atoms with Crippen LogP contribution in [-0.2, 0) is 13.5 Å². The summed E-state index contributed by atoms with van der Waals surface area (Å²) >= 11 is 0.